The van der Waals surface area contributed by atoms with E-state index in [2.05, 4.69) is 0 Å². The van der Waals surface area contributed by atoms with E-state index in [1.807, 2.05) is 0 Å². The van der Waals surface area contributed by atoms with Crippen LogP contribution < -0.4 is 5.30 Å². The molecule has 0 aliphatic heterocycles. The summed E-state index contributed by atoms with van der Waals surface area (Å²) < 4.78 is 23.2. The molecule has 118 valence electrons. The summed E-state index contributed by atoms with van der Waals surface area (Å²) in [5.41, 5.74) is 0. The van der Waals surface area contributed by atoms with Gasteiger partial charge in [0.05, 0.1) is 25.7 Å². The zero-order valence-corrected chi connectivity index (χ0v) is 12.9. The minimum Gasteiger partial charge on any atom is -0.463 e. The molecule has 0 aliphatic carbocycles. The van der Waals surface area contributed by atoms with Crippen molar-refractivity contribution in [1.29, 1.82) is 0 Å². The van der Waals surface area contributed by atoms with Gasteiger partial charge in [0.15, 0.2) is 0 Å². The molecule has 1 aromatic rings. The van der Waals surface area contributed by atoms with Gasteiger partial charge in [-0.3, -0.25) is 9.36 Å². The first kappa shape index (κ1) is 17.9. The summed E-state index contributed by atoms with van der Waals surface area (Å²) in [4.78, 5) is 11.5. The Morgan fingerprint density at radius 2 is 1.95 bits per heavy atom. The van der Waals surface area contributed by atoms with Crippen molar-refractivity contribution in [2.24, 2.45) is 0 Å². The highest BCUT2D eigenvalue weighted by atomic mass is 31.2. The molecule has 2 atom stereocenters. The Bertz CT molecular complexity index is 476. The van der Waals surface area contributed by atoms with Crippen LogP contribution >= 0.6 is 7.37 Å². The number of carbonyl (C=O) groups excluding carboxylic acids is 1. The number of rotatable bonds is 9. The van der Waals surface area contributed by atoms with Gasteiger partial charge in [-0.1, -0.05) is 18.2 Å². The predicted octanol–water partition coefficient (Wildman–Crippen LogP) is 0.913. The Balaban J connectivity index is 2.78. The Morgan fingerprint density at radius 3 is 2.52 bits per heavy atom. The van der Waals surface area contributed by atoms with Crippen LogP contribution in [0.4, 0.5) is 0 Å². The van der Waals surface area contributed by atoms with Gasteiger partial charge in [0.25, 0.3) is 0 Å². The Morgan fingerprint density at radius 1 is 1.29 bits per heavy atom. The van der Waals surface area contributed by atoms with E-state index in [1.165, 1.54) is 0 Å². The van der Waals surface area contributed by atoms with E-state index < -0.39 is 19.4 Å². The van der Waals surface area contributed by atoms with Crippen LogP contribution in [0.25, 0.3) is 0 Å². The number of aliphatic hydroxyl groups excluding tert-OH is 2. The van der Waals surface area contributed by atoms with E-state index in [0.29, 0.717) is 5.30 Å². The number of carbonyl (C=O) groups is 1. The van der Waals surface area contributed by atoms with Gasteiger partial charge in [-0.05, 0) is 19.1 Å². The van der Waals surface area contributed by atoms with E-state index in [-0.39, 0.29) is 32.4 Å². The largest absolute Gasteiger partial charge is 0.463 e. The van der Waals surface area contributed by atoms with Crippen molar-refractivity contribution in [3.05, 3.63) is 30.3 Å². The first-order valence-electron chi connectivity index (χ1n) is 6.72. The lowest BCUT2D eigenvalue weighted by atomic mass is 10.4. The Kier molecular flexibility index (Phi) is 7.61. The predicted molar refractivity (Wildman–Crippen MR) is 78.8 cm³/mol. The lowest BCUT2D eigenvalue weighted by Crippen LogP contribution is -2.20. The topological polar surface area (TPSA) is 93.1 Å². The number of benzene rings is 1. The van der Waals surface area contributed by atoms with Crippen molar-refractivity contribution in [2.45, 2.75) is 19.4 Å². The summed E-state index contributed by atoms with van der Waals surface area (Å²) >= 11 is 0. The van der Waals surface area contributed by atoms with Crippen LogP contribution in [-0.2, 0) is 18.6 Å². The molecule has 6 nitrogen and oxygen atoms in total. The normalized spacial score (nSPS) is 15.2. The molecule has 21 heavy (non-hydrogen) atoms. The number of ether oxygens (including phenoxy) is 1. The molecule has 0 aromatic heterocycles. The molecule has 0 saturated carbocycles. The van der Waals surface area contributed by atoms with Gasteiger partial charge in [0.1, 0.15) is 6.61 Å². The minimum atomic E-state index is -3.25. The summed E-state index contributed by atoms with van der Waals surface area (Å²) in [5.74, 6) is -0.541. The fraction of sp³-hybridized carbons (Fsp3) is 0.500. The molecule has 0 fully saturated rings. The zero-order chi connectivity index (χ0) is 15.7. The summed E-state index contributed by atoms with van der Waals surface area (Å²) in [6, 6.07) is 8.60. The van der Waals surface area contributed by atoms with Crippen LogP contribution in [0.15, 0.2) is 30.3 Å². The number of esters is 1. The summed E-state index contributed by atoms with van der Waals surface area (Å²) in [7, 11) is -3.25. The van der Waals surface area contributed by atoms with Gasteiger partial charge >= 0.3 is 5.97 Å². The van der Waals surface area contributed by atoms with E-state index in [0.717, 1.165) is 0 Å². The Labute approximate surface area is 124 Å². The van der Waals surface area contributed by atoms with Crippen molar-refractivity contribution in [2.75, 3.05) is 26.0 Å². The van der Waals surface area contributed by atoms with Crippen molar-refractivity contribution >= 4 is 18.6 Å². The first-order valence-corrected chi connectivity index (χ1v) is 8.53. The third-order valence-electron chi connectivity index (χ3n) is 2.72. The summed E-state index contributed by atoms with van der Waals surface area (Å²) in [6.07, 6.45) is -0.680. The Hall–Kier alpha value is -1.20. The molecule has 0 radical (unpaired) electrons. The van der Waals surface area contributed by atoms with Gasteiger partial charge in [0, 0.05) is 11.5 Å². The van der Waals surface area contributed by atoms with Crippen LogP contribution in [0.5, 0.6) is 0 Å². The standard InChI is InChI=1S/C14H21O6P/c1-12(11-16)20-21(18,13-5-3-2-4-6-13)10-7-14(17)19-9-8-15/h2-6,12,15-16H,7-11H2,1H3. The van der Waals surface area contributed by atoms with Crippen molar-refractivity contribution in [3.8, 4) is 0 Å². The molecular weight excluding hydrogens is 295 g/mol. The molecule has 1 aromatic carbocycles. The van der Waals surface area contributed by atoms with Crippen LogP contribution in [0.1, 0.15) is 13.3 Å². The van der Waals surface area contributed by atoms with Crippen LogP contribution in [0.3, 0.4) is 0 Å². The minimum absolute atomic E-state index is 0.00832. The molecule has 0 amide bonds. The summed E-state index contributed by atoms with van der Waals surface area (Å²) in [6.45, 7) is 1.02. The lowest BCUT2D eigenvalue weighted by molar-refractivity contribution is -0.144. The maximum atomic E-state index is 13.0. The number of aliphatic hydroxyl groups is 2. The fourth-order valence-corrected chi connectivity index (χ4v) is 3.93. The SMILES string of the molecule is CC(CO)OP(=O)(CCC(=O)OCCO)c1ccccc1. The lowest BCUT2D eigenvalue weighted by Gasteiger charge is -2.22. The third kappa shape index (κ3) is 5.98. The van der Waals surface area contributed by atoms with Crippen LogP contribution in [-0.4, -0.2) is 48.3 Å². The quantitative estimate of drug-likeness (QED) is 0.520. The van der Waals surface area contributed by atoms with Crippen LogP contribution in [0, 0.1) is 0 Å². The third-order valence-corrected chi connectivity index (χ3v) is 5.32. The van der Waals surface area contributed by atoms with Gasteiger partial charge in [-0.15, -0.1) is 0 Å². The van der Waals surface area contributed by atoms with Crippen LogP contribution in [0.2, 0.25) is 0 Å². The number of hydrogen-bond acceptors (Lipinski definition) is 6. The average molecular weight is 316 g/mol. The highest BCUT2D eigenvalue weighted by Gasteiger charge is 2.29. The van der Waals surface area contributed by atoms with Gasteiger partial charge < -0.3 is 19.5 Å². The molecule has 0 aliphatic rings. The monoisotopic (exact) mass is 316 g/mol. The second-order valence-electron chi connectivity index (χ2n) is 4.53. The molecule has 2 unspecified atom stereocenters. The van der Waals surface area contributed by atoms with Gasteiger partial charge in [-0.2, -0.15) is 0 Å². The highest BCUT2D eigenvalue weighted by Crippen LogP contribution is 2.47. The second kappa shape index (κ2) is 8.95. The maximum Gasteiger partial charge on any atom is 0.306 e. The van der Waals surface area contributed by atoms with Gasteiger partial charge in [-0.25, -0.2) is 0 Å². The molecule has 0 saturated heterocycles. The van der Waals surface area contributed by atoms with E-state index in [4.69, 9.17) is 19.5 Å². The van der Waals surface area contributed by atoms with E-state index in [9.17, 15) is 9.36 Å². The highest BCUT2D eigenvalue weighted by molar-refractivity contribution is 7.67. The second-order valence-corrected chi connectivity index (χ2v) is 7.05. The molecule has 2 N–H and O–H groups in total. The first-order chi connectivity index (χ1) is 10.0. The molecule has 0 bridgehead atoms. The fourth-order valence-electron chi connectivity index (χ4n) is 1.69. The van der Waals surface area contributed by atoms with Crippen molar-refractivity contribution < 1.29 is 28.8 Å². The van der Waals surface area contributed by atoms with E-state index >= 15 is 0 Å². The smallest absolute Gasteiger partial charge is 0.306 e. The number of hydrogen-bond donors (Lipinski definition) is 2. The molecule has 7 heteroatoms. The maximum absolute atomic E-state index is 13.0. The zero-order valence-electron chi connectivity index (χ0n) is 12.0. The van der Waals surface area contributed by atoms with E-state index in [1.54, 1.807) is 37.3 Å². The van der Waals surface area contributed by atoms with Crippen molar-refractivity contribution in [3.63, 3.8) is 0 Å². The molecule has 0 heterocycles. The molecule has 0 spiro atoms. The van der Waals surface area contributed by atoms with Gasteiger partial charge in [0.2, 0.25) is 7.37 Å². The molecular formula is C14H21O6P. The average Bonchev–Trinajstić information content (AvgIpc) is 2.51. The van der Waals surface area contributed by atoms with Crippen molar-refractivity contribution in [1.82, 2.24) is 0 Å². The molecule has 1 rings (SSSR count). The summed E-state index contributed by atoms with van der Waals surface area (Å²) in [5, 5.41) is 18.2.